The van der Waals surface area contributed by atoms with Gasteiger partial charge in [0.1, 0.15) is 11.3 Å². The molecular formula is C18H18BrNO. The molecule has 0 aliphatic carbocycles. The lowest BCUT2D eigenvalue weighted by atomic mass is 10.1. The highest BCUT2D eigenvalue weighted by atomic mass is 79.9. The standard InChI is InChI=1S/C18H18BrNO/c1-13(20-10-9-14-5-3-2-4-6-14)18-12-15-11-16(19)7-8-17(15)21-18/h2-8,11-13,20H,9-10H2,1H3. The SMILES string of the molecule is CC(NCCc1ccccc1)c1cc2cc(Br)ccc2o1. The minimum absolute atomic E-state index is 0.208. The van der Waals surface area contributed by atoms with Crippen molar-refractivity contribution in [3.05, 3.63) is 70.4 Å². The van der Waals surface area contributed by atoms with Gasteiger partial charge in [-0.2, -0.15) is 0 Å². The van der Waals surface area contributed by atoms with E-state index in [1.165, 1.54) is 5.56 Å². The summed E-state index contributed by atoms with van der Waals surface area (Å²) in [6.07, 6.45) is 1.02. The summed E-state index contributed by atoms with van der Waals surface area (Å²) in [6.45, 7) is 3.07. The van der Waals surface area contributed by atoms with Crippen molar-refractivity contribution in [2.45, 2.75) is 19.4 Å². The van der Waals surface area contributed by atoms with Gasteiger partial charge >= 0.3 is 0 Å². The van der Waals surface area contributed by atoms with Gasteiger partial charge in [0.2, 0.25) is 0 Å². The molecule has 2 nitrogen and oxygen atoms in total. The summed E-state index contributed by atoms with van der Waals surface area (Å²) < 4.78 is 6.98. The Hall–Kier alpha value is -1.58. The van der Waals surface area contributed by atoms with Crippen LogP contribution in [0.1, 0.15) is 24.3 Å². The first-order valence-electron chi connectivity index (χ1n) is 7.19. The molecule has 0 fully saturated rings. The number of nitrogens with one attached hydrogen (secondary N) is 1. The molecule has 0 amide bonds. The second kappa shape index (κ2) is 6.46. The summed E-state index contributed by atoms with van der Waals surface area (Å²) in [5.74, 6) is 0.983. The first-order chi connectivity index (χ1) is 10.2. The molecule has 0 aliphatic heterocycles. The summed E-state index contributed by atoms with van der Waals surface area (Å²) in [6, 6.07) is 18.9. The van der Waals surface area contributed by atoms with Crippen LogP contribution < -0.4 is 5.32 Å². The normalized spacial score (nSPS) is 12.7. The molecule has 1 N–H and O–H groups in total. The molecule has 3 aromatic rings. The molecule has 0 saturated carbocycles. The molecule has 108 valence electrons. The highest BCUT2D eigenvalue weighted by molar-refractivity contribution is 9.10. The third-order valence-corrected chi connectivity index (χ3v) is 4.12. The average Bonchev–Trinajstić information content (AvgIpc) is 2.91. The van der Waals surface area contributed by atoms with Crippen molar-refractivity contribution < 1.29 is 4.42 Å². The van der Waals surface area contributed by atoms with Gasteiger partial charge in [-0.1, -0.05) is 46.3 Å². The Labute approximate surface area is 133 Å². The number of hydrogen-bond donors (Lipinski definition) is 1. The fourth-order valence-electron chi connectivity index (χ4n) is 2.43. The third-order valence-electron chi connectivity index (χ3n) is 3.63. The zero-order chi connectivity index (χ0) is 14.7. The number of benzene rings is 2. The van der Waals surface area contributed by atoms with Crippen LogP contribution in [0.2, 0.25) is 0 Å². The van der Waals surface area contributed by atoms with Crippen LogP contribution in [0.5, 0.6) is 0 Å². The molecule has 0 aliphatic rings. The fourth-order valence-corrected chi connectivity index (χ4v) is 2.81. The summed E-state index contributed by atoms with van der Waals surface area (Å²) in [4.78, 5) is 0. The molecule has 0 bridgehead atoms. The van der Waals surface area contributed by atoms with E-state index in [-0.39, 0.29) is 6.04 Å². The Bertz CT molecular complexity index is 720. The van der Waals surface area contributed by atoms with Crippen molar-refractivity contribution in [1.82, 2.24) is 5.32 Å². The summed E-state index contributed by atoms with van der Waals surface area (Å²) in [5, 5.41) is 4.65. The Morgan fingerprint density at radius 1 is 1.10 bits per heavy atom. The Morgan fingerprint density at radius 3 is 2.71 bits per heavy atom. The highest BCUT2D eigenvalue weighted by Crippen LogP contribution is 2.26. The van der Waals surface area contributed by atoms with Crippen molar-refractivity contribution in [3.8, 4) is 0 Å². The van der Waals surface area contributed by atoms with Crippen molar-refractivity contribution in [2.75, 3.05) is 6.54 Å². The maximum absolute atomic E-state index is 5.90. The first-order valence-corrected chi connectivity index (χ1v) is 7.98. The van der Waals surface area contributed by atoms with E-state index >= 15 is 0 Å². The van der Waals surface area contributed by atoms with Gasteiger partial charge in [-0.15, -0.1) is 0 Å². The van der Waals surface area contributed by atoms with Gasteiger partial charge in [0, 0.05) is 9.86 Å². The lowest BCUT2D eigenvalue weighted by molar-refractivity contribution is 0.453. The second-order valence-corrected chi connectivity index (χ2v) is 6.16. The van der Waals surface area contributed by atoms with Crippen LogP contribution in [0.3, 0.4) is 0 Å². The van der Waals surface area contributed by atoms with E-state index in [0.717, 1.165) is 34.2 Å². The van der Waals surface area contributed by atoms with Gasteiger partial charge in [0.05, 0.1) is 6.04 Å². The van der Waals surface area contributed by atoms with Crippen LogP contribution in [-0.4, -0.2) is 6.54 Å². The third kappa shape index (κ3) is 3.55. The van der Waals surface area contributed by atoms with Crippen LogP contribution in [0, 0.1) is 0 Å². The molecule has 3 heteroatoms. The lowest BCUT2D eigenvalue weighted by Crippen LogP contribution is -2.20. The zero-order valence-corrected chi connectivity index (χ0v) is 13.6. The number of rotatable bonds is 5. The van der Waals surface area contributed by atoms with Crippen LogP contribution in [-0.2, 0) is 6.42 Å². The van der Waals surface area contributed by atoms with E-state index in [0.29, 0.717) is 0 Å². The summed E-state index contributed by atoms with van der Waals surface area (Å²) >= 11 is 3.49. The van der Waals surface area contributed by atoms with E-state index in [4.69, 9.17) is 4.42 Å². The number of fused-ring (bicyclic) bond motifs is 1. The number of furan rings is 1. The van der Waals surface area contributed by atoms with Crippen molar-refractivity contribution >= 4 is 26.9 Å². The van der Waals surface area contributed by atoms with Gasteiger partial charge in [-0.25, -0.2) is 0 Å². The van der Waals surface area contributed by atoms with Crippen molar-refractivity contribution in [3.63, 3.8) is 0 Å². The quantitative estimate of drug-likeness (QED) is 0.698. The number of halogens is 1. The van der Waals surface area contributed by atoms with E-state index in [9.17, 15) is 0 Å². The van der Waals surface area contributed by atoms with Gasteiger partial charge < -0.3 is 9.73 Å². The van der Waals surface area contributed by atoms with Crippen LogP contribution in [0.25, 0.3) is 11.0 Å². The smallest absolute Gasteiger partial charge is 0.134 e. The van der Waals surface area contributed by atoms with Crippen molar-refractivity contribution in [2.24, 2.45) is 0 Å². The summed E-state index contributed by atoms with van der Waals surface area (Å²) in [7, 11) is 0. The van der Waals surface area contributed by atoms with Crippen LogP contribution in [0.4, 0.5) is 0 Å². The zero-order valence-electron chi connectivity index (χ0n) is 12.0. The van der Waals surface area contributed by atoms with Crippen molar-refractivity contribution in [1.29, 1.82) is 0 Å². The highest BCUT2D eigenvalue weighted by Gasteiger charge is 2.11. The van der Waals surface area contributed by atoms with Gasteiger partial charge in [0.25, 0.3) is 0 Å². The predicted octanol–water partition coefficient (Wildman–Crippen LogP) is 5.09. The van der Waals surface area contributed by atoms with E-state index < -0.39 is 0 Å². The van der Waals surface area contributed by atoms with E-state index in [1.54, 1.807) is 0 Å². The van der Waals surface area contributed by atoms with Gasteiger partial charge in [0.15, 0.2) is 0 Å². The molecule has 3 rings (SSSR count). The van der Waals surface area contributed by atoms with Crippen LogP contribution in [0.15, 0.2) is 63.5 Å². The maximum Gasteiger partial charge on any atom is 0.134 e. The van der Waals surface area contributed by atoms with E-state index in [2.05, 4.69) is 64.6 Å². The Morgan fingerprint density at radius 2 is 1.90 bits per heavy atom. The minimum atomic E-state index is 0.208. The molecular weight excluding hydrogens is 326 g/mol. The maximum atomic E-state index is 5.90. The molecule has 2 aromatic carbocycles. The number of hydrogen-bond acceptors (Lipinski definition) is 2. The molecule has 1 atom stereocenters. The molecule has 0 spiro atoms. The molecule has 1 heterocycles. The topological polar surface area (TPSA) is 25.2 Å². The monoisotopic (exact) mass is 343 g/mol. The van der Waals surface area contributed by atoms with Gasteiger partial charge in [-0.3, -0.25) is 0 Å². The first kappa shape index (κ1) is 14.4. The largest absolute Gasteiger partial charge is 0.459 e. The Balaban J connectivity index is 1.62. The molecule has 0 radical (unpaired) electrons. The summed E-state index contributed by atoms with van der Waals surface area (Å²) in [5.41, 5.74) is 2.29. The average molecular weight is 344 g/mol. The molecule has 0 saturated heterocycles. The lowest BCUT2D eigenvalue weighted by Gasteiger charge is -2.11. The molecule has 21 heavy (non-hydrogen) atoms. The molecule has 1 unspecified atom stereocenters. The van der Waals surface area contributed by atoms with E-state index in [1.807, 2.05) is 18.2 Å². The van der Waals surface area contributed by atoms with Gasteiger partial charge in [-0.05, 0) is 49.7 Å². The molecule has 1 aromatic heterocycles. The fraction of sp³-hybridized carbons (Fsp3) is 0.222. The predicted molar refractivity (Wildman–Crippen MR) is 90.5 cm³/mol. The van der Waals surface area contributed by atoms with Crippen LogP contribution >= 0.6 is 15.9 Å². The Kier molecular flexibility index (Phi) is 4.42. The second-order valence-electron chi connectivity index (χ2n) is 5.24. The minimum Gasteiger partial charge on any atom is -0.459 e.